The van der Waals surface area contributed by atoms with Crippen molar-refractivity contribution in [3.63, 3.8) is 0 Å². The van der Waals surface area contributed by atoms with Gasteiger partial charge in [0.2, 0.25) is 0 Å². The monoisotopic (exact) mass is 282 g/mol. The zero-order valence-corrected chi connectivity index (χ0v) is 11.3. The van der Waals surface area contributed by atoms with E-state index in [2.05, 4.69) is 0 Å². The lowest BCUT2D eigenvalue weighted by atomic mass is 9.95. The van der Waals surface area contributed by atoms with Crippen LogP contribution in [-0.2, 0) is 0 Å². The molecule has 0 spiro atoms. The molecule has 19 heavy (non-hydrogen) atoms. The first kappa shape index (κ1) is 14.0. The van der Waals surface area contributed by atoms with Gasteiger partial charge in [-0.15, -0.1) is 0 Å². The van der Waals surface area contributed by atoms with Crippen molar-refractivity contribution in [2.75, 3.05) is 0 Å². The Hall–Kier alpha value is -1.45. The van der Waals surface area contributed by atoms with E-state index >= 15 is 0 Å². The summed E-state index contributed by atoms with van der Waals surface area (Å²) in [6.45, 7) is 3.60. The van der Waals surface area contributed by atoms with Crippen molar-refractivity contribution in [2.24, 2.45) is 0 Å². The summed E-state index contributed by atoms with van der Waals surface area (Å²) >= 11 is 5.99. The third-order valence-corrected chi connectivity index (χ3v) is 3.45. The van der Waals surface area contributed by atoms with Crippen molar-refractivity contribution in [2.45, 2.75) is 20.0 Å². The van der Waals surface area contributed by atoms with Crippen LogP contribution in [0.2, 0.25) is 5.02 Å². The summed E-state index contributed by atoms with van der Waals surface area (Å²) in [7, 11) is 0. The van der Waals surface area contributed by atoms with Gasteiger partial charge in [0.05, 0.1) is 0 Å². The van der Waals surface area contributed by atoms with Crippen LogP contribution in [0.25, 0.3) is 0 Å². The molecule has 1 atom stereocenters. The molecule has 0 radical (unpaired) electrons. The van der Waals surface area contributed by atoms with E-state index in [4.69, 9.17) is 11.6 Å². The van der Waals surface area contributed by atoms with E-state index < -0.39 is 17.7 Å². The predicted octanol–water partition coefficient (Wildman–Crippen LogP) is 4.32. The first-order valence-electron chi connectivity index (χ1n) is 5.79. The van der Waals surface area contributed by atoms with Gasteiger partial charge >= 0.3 is 0 Å². The van der Waals surface area contributed by atoms with E-state index in [1.807, 2.05) is 6.92 Å². The van der Waals surface area contributed by atoms with Crippen molar-refractivity contribution in [1.29, 1.82) is 0 Å². The lowest BCUT2D eigenvalue weighted by molar-refractivity contribution is 0.218. The van der Waals surface area contributed by atoms with E-state index in [0.29, 0.717) is 10.6 Å². The number of aliphatic hydroxyl groups excluding tert-OH is 1. The molecule has 0 amide bonds. The molecule has 2 aromatic rings. The Morgan fingerprint density at radius 3 is 2.11 bits per heavy atom. The van der Waals surface area contributed by atoms with Crippen molar-refractivity contribution >= 4 is 11.6 Å². The maximum Gasteiger partial charge on any atom is 0.126 e. The minimum atomic E-state index is -1.08. The molecule has 0 aliphatic rings. The van der Waals surface area contributed by atoms with Gasteiger partial charge in [-0.3, -0.25) is 0 Å². The second-order valence-corrected chi connectivity index (χ2v) is 4.97. The van der Waals surface area contributed by atoms with Crippen LogP contribution in [-0.4, -0.2) is 5.11 Å². The van der Waals surface area contributed by atoms with Crippen LogP contribution >= 0.6 is 11.6 Å². The maximum absolute atomic E-state index is 13.2. The summed E-state index contributed by atoms with van der Waals surface area (Å²) in [6.07, 6.45) is -1.08. The summed E-state index contributed by atoms with van der Waals surface area (Å²) in [5.74, 6) is -1.42. The number of hydrogen-bond donors (Lipinski definition) is 1. The molecule has 0 bridgehead atoms. The minimum Gasteiger partial charge on any atom is -0.384 e. The molecule has 100 valence electrons. The fraction of sp³-hybridized carbons (Fsp3) is 0.200. The number of aryl methyl sites for hydroxylation is 2. The highest BCUT2D eigenvalue weighted by molar-refractivity contribution is 6.31. The normalized spacial score (nSPS) is 12.5. The van der Waals surface area contributed by atoms with Gasteiger partial charge in [-0.25, -0.2) is 8.78 Å². The van der Waals surface area contributed by atoms with E-state index in [-0.39, 0.29) is 5.56 Å². The molecular weight excluding hydrogens is 270 g/mol. The van der Waals surface area contributed by atoms with Crippen molar-refractivity contribution in [1.82, 2.24) is 0 Å². The van der Waals surface area contributed by atoms with Gasteiger partial charge in [0.1, 0.15) is 17.7 Å². The summed E-state index contributed by atoms with van der Waals surface area (Å²) in [5, 5.41) is 10.9. The number of benzene rings is 2. The Morgan fingerprint density at radius 2 is 1.53 bits per heavy atom. The highest BCUT2D eigenvalue weighted by Crippen LogP contribution is 2.29. The molecule has 1 N–H and O–H groups in total. The molecule has 0 aliphatic heterocycles. The average molecular weight is 283 g/mol. The number of aliphatic hydroxyl groups is 1. The average Bonchev–Trinajstić information content (AvgIpc) is 2.31. The Bertz CT molecular complexity index is 606. The van der Waals surface area contributed by atoms with E-state index in [0.717, 1.165) is 29.3 Å². The third kappa shape index (κ3) is 2.94. The largest absolute Gasteiger partial charge is 0.384 e. The van der Waals surface area contributed by atoms with Gasteiger partial charge in [0.25, 0.3) is 0 Å². The van der Waals surface area contributed by atoms with Crippen molar-refractivity contribution in [3.05, 3.63) is 69.2 Å². The smallest absolute Gasteiger partial charge is 0.126 e. The zero-order valence-electron chi connectivity index (χ0n) is 10.5. The first-order chi connectivity index (χ1) is 8.88. The van der Waals surface area contributed by atoms with Gasteiger partial charge in [-0.1, -0.05) is 17.7 Å². The van der Waals surface area contributed by atoms with Crippen LogP contribution in [0.15, 0.2) is 30.3 Å². The van der Waals surface area contributed by atoms with Crippen molar-refractivity contribution in [3.8, 4) is 0 Å². The molecule has 2 aromatic carbocycles. The topological polar surface area (TPSA) is 20.2 Å². The molecule has 1 nitrogen and oxygen atoms in total. The quantitative estimate of drug-likeness (QED) is 0.870. The van der Waals surface area contributed by atoms with Gasteiger partial charge < -0.3 is 5.11 Å². The first-order valence-corrected chi connectivity index (χ1v) is 6.17. The molecule has 0 aromatic heterocycles. The fourth-order valence-corrected chi connectivity index (χ4v) is 2.23. The number of halogens is 3. The van der Waals surface area contributed by atoms with E-state index in [1.54, 1.807) is 19.1 Å². The van der Waals surface area contributed by atoms with E-state index in [1.165, 1.54) is 0 Å². The fourth-order valence-electron chi connectivity index (χ4n) is 2.01. The van der Waals surface area contributed by atoms with Gasteiger partial charge in [0, 0.05) is 11.1 Å². The van der Waals surface area contributed by atoms with Crippen molar-refractivity contribution < 1.29 is 13.9 Å². The molecule has 0 saturated carbocycles. The van der Waals surface area contributed by atoms with Gasteiger partial charge in [0.15, 0.2) is 0 Å². The molecule has 0 aliphatic carbocycles. The molecular formula is C15H13ClF2O. The zero-order chi connectivity index (χ0) is 14.2. The summed E-state index contributed by atoms with van der Waals surface area (Å²) in [4.78, 5) is 0. The van der Waals surface area contributed by atoms with Crippen LogP contribution in [0.5, 0.6) is 0 Å². The standard InChI is InChI=1S/C15H13ClF2O/c1-8-4-14(16)9(2)3-13(8)15(19)10-5-11(17)7-12(18)6-10/h3-7,15,19H,1-2H3. The second-order valence-electron chi connectivity index (χ2n) is 4.56. The maximum atomic E-state index is 13.2. The molecule has 1 unspecified atom stereocenters. The summed E-state index contributed by atoms with van der Waals surface area (Å²) in [6, 6.07) is 6.47. The lowest BCUT2D eigenvalue weighted by Crippen LogP contribution is -2.04. The highest BCUT2D eigenvalue weighted by Gasteiger charge is 2.16. The predicted molar refractivity (Wildman–Crippen MR) is 71.3 cm³/mol. The van der Waals surface area contributed by atoms with Crippen LogP contribution in [0.3, 0.4) is 0 Å². The van der Waals surface area contributed by atoms with Gasteiger partial charge in [-0.2, -0.15) is 0 Å². The molecule has 0 fully saturated rings. The third-order valence-electron chi connectivity index (χ3n) is 3.04. The number of hydrogen-bond acceptors (Lipinski definition) is 1. The second kappa shape index (κ2) is 5.27. The molecule has 0 saturated heterocycles. The number of rotatable bonds is 2. The lowest BCUT2D eigenvalue weighted by Gasteiger charge is -2.16. The Balaban J connectivity index is 2.49. The molecule has 2 rings (SSSR count). The summed E-state index contributed by atoms with van der Waals surface area (Å²) in [5.41, 5.74) is 2.35. The Labute approximate surface area is 115 Å². The van der Waals surface area contributed by atoms with Gasteiger partial charge in [-0.05, 0) is 54.3 Å². The Kier molecular flexibility index (Phi) is 3.88. The Morgan fingerprint density at radius 1 is 0.947 bits per heavy atom. The van der Waals surface area contributed by atoms with Crippen LogP contribution in [0.1, 0.15) is 28.4 Å². The van der Waals surface area contributed by atoms with Crippen LogP contribution in [0.4, 0.5) is 8.78 Å². The highest BCUT2D eigenvalue weighted by atomic mass is 35.5. The van der Waals surface area contributed by atoms with E-state index in [9.17, 15) is 13.9 Å². The van der Waals surface area contributed by atoms with Crippen LogP contribution < -0.4 is 0 Å². The molecule has 4 heteroatoms. The van der Waals surface area contributed by atoms with Crippen LogP contribution in [0, 0.1) is 25.5 Å². The molecule has 0 heterocycles. The minimum absolute atomic E-state index is 0.183. The SMILES string of the molecule is Cc1cc(C(O)c2cc(F)cc(F)c2)c(C)cc1Cl. The summed E-state index contributed by atoms with van der Waals surface area (Å²) < 4.78 is 26.4.